The van der Waals surface area contributed by atoms with Crippen LogP contribution in [0.3, 0.4) is 0 Å². The summed E-state index contributed by atoms with van der Waals surface area (Å²) in [5.41, 5.74) is 1.29. The summed E-state index contributed by atoms with van der Waals surface area (Å²) in [6, 6.07) is 10.3. The van der Waals surface area contributed by atoms with Crippen LogP contribution in [0.4, 0.5) is 4.39 Å². The van der Waals surface area contributed by atoms with E-state index in [0.29, 0.717) is 29.5 Å². The zero-order valence-electron chi connectivity index (χ0n) is 11.1. The summed E-state index contributed by atoms with van der Waals surface area (Å²) in [6.07, 6.45) is 0.848. The molecule has 0 aliphatic carbocycles. The van der Waals surface area contributed by atoms with Crippen molar-refractivity contribution in [2.45, 2.75) is 11.2 Å². The van der Waals surface area contributed by atoms with Crippen LogP contribution < -0.4 is 9.47 Å². The Kier molecular flexibility index (Phi) is 4.36. The number of halogens is 3. The van der Waals surface area contributed by atoms with Gasteiger partial charge in [-0.25, -0.2) is 4.39 Å². The highest BCUT2D eigenvalue weighted by molar-refractivity contribution is 9.09. The molecule has 1 unspecified atom stereocenters. The van der Waals surface area contributed by atoms with E-state index in [1.165, 1.54) is 6.07 Å². The maximum atomic E-state index is 14.0. The standard InChI is InChI=1S/C16H13BrClFO2/c17-16(15-11(18)3-1-4-12(15)19)10-5-6-13-14(9-10)21-8-2-7-20-13/h1,3-6,9,16H,2,7-8H2. The van der Waals surface area contributed by atoms with Crippen LogP contribution in [0.15, 0.2) is 36.4 Å². The van der Waals surface area contributed by atoms with E-state index < -0.39 is 0 Å². The van der Waals surface area contributed by atoms with Gasteiger partial charge in [-0.15, -0.1) is 0 Å². The molecule has 3 rings (SSSR count). The maximum Gasteiger partial charge on any atom is 0.161 e. The van der Waals surface area contributed by atoms with E-state index >= 15 is 0 Å². The summed E-state index contributed by atoms with van der Waals surface area (Å²) in [5.74, 6) is 1.06. The van der Waals surface area contributed by atoms with Crippen LogP contribution in [0.5, 0.6) is 11.5 Å². The molecule has 0 radical (unpaired) electrons. The predicted molar refractivity (Wildman–Crippen MR) is 84.2 cm³/mol. The van der Waals surface area contributed by atoms with Crippen LogP contribution in [0, 0.1) is 5.82 Å². The van der Waals surface area contributed by atoms with Gasteiger partial charge in [0, 0.05) is 17.0 Å². The lowest BCUT2D eigenvalue weighted by molar-refractivity contribution is 0.297. The molecule has 110 valence electrons. The third kappa shape index (κ3) is 3.01. The summed E-state index contributed by atoms with van der Waals surface area (Å²) in [4.78, 5) is -0.344. The van der Waals surface area contributed by atoms with Crippen LogP contribution in [-0.4, -0.2) is 13.2 Å². The van der Waals surface area contributed by atoms with Crippen molar-refractivity contribution >= 4 is 27.5 Å². The fourth-order valence-corrected chi connectivity index (χ4v) is 3.41. The molecule has 1 atom stereocenters. The topological polar surface area (TPSA) is 18.5 Å². The fourth-order valence-electron chi connectivity index (χ4n) is 2.26. The number of rotatable bonds is 2. The first-order chi connectivity index (χ1) is 10.2. The van der Waals surface area contributed by atoms with E-state index in [-0.39, 0.29) is 10.6 Å². The molecule has 1 heterocycles. The highest BCUT2D eigenvalue weighted by Gasteiger charge is 2.20. The van der Waals surface area contributed by atoms with Crippen LogP contribution in [0.25, 0.3) is 0 Å². The van der Waals surface area contributed by atoms with E-state index in [2.05, 4.69) is 15.9 Å². The summed E-state index contributed by atoms with van der Waals surface area (Å²) in [7, 11) is 0. The maximum absolute atomic E-state index is 14.0. The molecule has 2 aromatic rings. The normalized spacial score (nSPS) is 15.4. The molecule has 0 fully saturated rings. The Balaban J connectivity index is 1.98. The van der Waals surface area contributed by atoms with Gasteiger partial charge in [0.05, 0.1) is 18.0 Å². The molecule has 0 saturated heterocycles. The SMILES string of the molecule is Fc1cccc(Cl)c1C(Br)c1ccc2c(c1)OCCCO2. The molecule has 5 heteroatoms. The third-order valence-electron chi connectivity index (χ3n) is 3.32. The zero-order chi connectivity index (χ0) is 14.8. The number of benzene rings is 2. The molecule has 1 aliphatic heterocycles. The number of fused-ring (bicyclic) bond motifs is 1. The molecule has 0 N–H and O–H groups in total. The van der Waals surface area contributed by atoms with Gasteiger partial charge in [-0.05, 0) is 29.8 Å². The van der Waals surface area contributed by atoms with Crippen molar-refractivity contribution in [1.82, 2.24) is 0 Å². The van der Waals surface area contributed by atoms with Crippen molar-refractivity contribution in [1.29, 1.82) is 0 Å². The summed E-state index contributed by atoms with van der Waals surface area (Å²) in [6.45, 7) is 1.26. The Morgan fingerprint density at radius 3 is 2.62 bits per heavy atom. The molecule has 2 nitrogen and oxygen atoms in total. The molecule has 0 spiro atoms. The van der Waals surface area contributed by atoms with E-state index in [4.69, 9.17) is 21.1 Å². The number of hydrogen-bond donors (Lipinski definition) is 0. The van der Waals surface area contributed by atoms with E-state index in [0.717, 1.165) is 17.7 Å². The Morgan fingerprint density at radius 1 is 1.10 bits per heavy atom. The van der Waals surface area contributed by atoms with E-state index in [9.17, 15) is 4.39 Å². The Labute approximate surface area is 136 Å². The van der Waals surface area contributed by atoms with Gasteiger partial charge in [0.25, 0.3) is 0 Å². The van der Waals surface area contributed by atoms with Crippen molar-refractivity contribution in [3.63, 3.8) is 0 Å². The van der Waals surface area contributed by atoms with Crippen LogP contribution in [-0.2, 0) is 0 Å². The highest BCUT2D eigenvalue weighted by Crippen LogP contribution is 2.40. The van der Waals surface area contributed by atoms with Crippen LogP contribution in [0.2, 0.25) is 5.02 Å². The quantitative estimate of drug-likeness (QED) is 0.682. The lowest BCUT2D eigenvalue weighted by Gasteiger charge is -2.15. The minimum Gasteiger partial charge on any atom is -0.490 e. The van der Waals surface area contributed by atoms with Crippen molar-refractivity contribution < 1.29 is 13.9 Å². The van der Waals surface area contributed by atoms with Gasteiger partial charge >= 0.3 is 0 Å². The molecule has 0 bridgehead atoms. The van der Waals surface area contributed by atoms with Gasteiger partial charge in [0.2, 0.25) is 0 Å². The minimum atomic E-state index is -0.344. The second kappa shape index (κ2) is 6.24. The number of ether oxygens (including phenoxy) is 2. The summed E-state index contributed by atoms with van der Waals surface area (Å²) in [5, 5.41) is 0.393. The van der Waals surface area contributed by atoms with Gasteiger partial charge in [0.1, 0.15) is 5.82 Å². The lowest BCUT2D eigenvalue weighted by atomic mass is 10.0. The molecule has 0 amide bonds. The van der Waals surface area contributed by atoms with E-state index in [1.807, 2.05) is 18.2 Å². The highest BCUT2D eigenvalue weighted by atomic mass is 79.9. The smallest absolute Gasteiger partial charge is 0.161 e. The Hall–Kier alpha value is -1.26. The van der Waals surface area contributed by atoms with Gasteiger partial charge < -0.3 is 9.47 Å². The molecular formula is C16H13BrClFO2. The predicted octanol–water partition coefficient (Wildman–Crippen LogP) is 5.12. The second-order valence-corrected chi connectivity index (χ2v) is 6.08. The van der Waals surface area contributed by atoms with Crippen LogP contribution >= 0.6 is 27.5 Å². The molecule has 1 aliphatic rings. The Bertz CT molecular complexity index is 642. The van der Waals surface area contributed by atoms with Gasteiger partial charge in [-0.2, -0.15) is 0 Å². The van der Waals surface area contributed by atoms with Gasteiger partial charge in [-0.1, -0.05) is 39.7 Å². The number of alkyl halides is 1. The zero-order valence-corrected chi connectivity index (χ0v) is 13.5. The molecule has 0 saturated carbocycles. The summed E-state index contributed by atoms with van der Waals surface area (Å²) >= 11 is 9.64. The van der Waals surface area contributed by atoms with Crippen LogP contribution in [0.1, 0.15) is 22.4 Å². The number of hydrogen-bond acceptors (Lipinski definition) is 2. The molecule has 2 aromatic carbocycles. The first kappa shape index (κ1) is 14.7. The second-order valence-electron chi connectivity index (χ2n) is 4.75. The lowest BCUT2D eigenvalue weighted by Crippen LogP contribution is -1.99. The fraction of sp³-hybridized carbons (Fsp3) is 0.250. The average Bonchev–Trinajstić information content (AvgIpc) is 2.71. The minimum absolute atomic E-state index is 0.337. The molecule has 0 aromatic heterocycles. The first-order valence-corrected chi connectivity index (χ1v) is 7.93. The van der Waals surface area contributed by atoms with Gasteiger partial charge in [0.15, 0.2) is 11.5 Å². The average molecular weight is 372 g/mol. The van der Waals surface area contributed by atoms with Gasteiger partial charge in [-0.3, -0.25) is 0 Å². The largest absolute Gasteiger partial charge is 0.490 e. The van der Waals surface area contributed by atoms with Crippen molar-refractivity contribution in [3.05, 3.63) is 58.4 Å². The van der Waals surface area contributed by atoms with Crippen molar-refractivity contribution in [2.24, 2.45) is 0 Å². The first-order valence-electron chi connectivity index (χ1n) is 6.64. The molecular weight excluding hydrogens is 359 g/mol. The van der Waals surface area contributed by atoms with Crippen molar-refractivity contribution in [2.75, 3.05) is 13.2 Å². The Morgan fingerprint density at radius 2 is 1.86 bits per heavy atom. The third-order valence-corrected chi connectivity index (χ3v) is 4.63. The van der Waals surface area contributed by atoms with E-state index in [1.54, 1.807) is 12.1 Å². The monoisotopic (exact) mass is 370 g/mol. The summed E-state index contributed by atoms with van der Waals surface area (Å²) < 4.78 is 25.3. The van der Waals surface area contributed by atoms with Crippen molar-refractivity contribution in [3.8, 4) is 11.5 Å². The molecule has 21 heavy (non-hydrogen) atoms.